The van der Waals surface area contributed by atoms with E-state index < -0.39 is 43.0 Å². The molecule has 0 aromatic rings. The molecule has 4 unspecified atom stereocenters. The minimum Gasteiger partial charge on any atom is -0.394 e. The topological polar surface area (TPSA) is 154 Å². The van der Waals surface area contributed by atoms with E-state index in [4.69, 9.17) is 25.5 Å². The number of aliphatic hydroxyl groups excluding tert-OH is 5. The van der Waals surface area contributed by atoms with Crippen molar-refractivity contribution in [2.45, 2.75) is 31.3 Å². The second kappa shape index (κ2) is 7.14. The van der Waals surface area contributed by atoms with Crippen LogP contribution in [0, 0.1) is 0 Å². The van der Waals surface area contributed by atoms with Crippen molar-refractivity contribution in [3.63, 3.8) is 0 Å². The van der Waals surface area contributed by atoms with Gasteiger partial charge in [-0.05, 0) is 6.92 Å². The normalized spacial score (nSPS) is 17.8. The first-order chi connectivity index (χ1) is 7.81. The van der Waals surface area contributed by atoms with Gasteiger partial charge in [0.15, 0.2) is 12.2 Å². The molecule has 5 N–H and O–H groups in total. The van der Waals surface area contributed by atoms with Crippen LogP contribution in [-0.2, 0) is 19.4 Å². The Morgan fingerprint density at radius 1 is 1.06 bits per heavy atom. The summed E-state index contributed by atoms with van der Waals surface area (Å²) in [5.41, 5.74) is 0. The molecule has 0 aliphatic heterocycles. The summed E-state index contributed by atoms with van der Waals surface area (Å²) >= 11 is 0. The van der Waals surface area contributed by atoms with E-state index in [2.05, 4.69) is 9.78 Å². The maximum Gasteiger partial charge on any atom is 0.386 e. The number of carbonyl (C=O) groups excluding carboxylic acids is 2. The van der Waals surface area contributed by atoms with E-state index in [0.717, 1.165) is 6.92 Å². The van der Waals surface area contributed by atoms with Crippen LogP contribution >= 0.6 is 0 Å². The quantitative estimate of drug-likeness (QED) is 0.247. The van der Waals surface area contributed by atoms with Crippen LogP contribution in [0.5, 0.6) is 0 Å². The van der Waals surface area contributed by atoms with E-state index in [-0.39, 0.29) is 0 Å². The van der Waals surface area contributed by atoms with E-state index in [1.165, 1.54) is 0 Å². The summed E-state index contributed by atoms with van der Waals surface area (Å²) in [4.78, 5) is 29.2. The molecule has 0 rings (SSSR count). The second-order valence-electron chi connectivity index (χ2n) is 3.17. The van der Waals surface area contributed by atoms with Gasteiger partial charge in [-0.1, -0.05) is 0 Å². The Morgan fingerprint density at radius 2 is 1.53 bits per heavy atom. The van der Waals surface area contributed by atoms with Crippen LogP contribution in [0.2, 0.25) is 0 Å². The molecule has 0 heterocycles. The smallest absolute Gasteiger partial charge is 0.386 e. The molecule has 0 spiro atoms. The molecule has 9 nitrogen and oxygen atoms in total. The number of carbonyl (C=O) groups is 2. The van der Waals surface area contributed by atoms with Crippen molar-refractivity contribution in [3.8, 4) is 0 Å². The summed E-state index contributed by atoms with van der Waals surface area (Å²) < 4.78 is 0. The average molecular weight is 254 g/mol. The van der Waals surface area contributed by atoms with Gasteiger partial charge in [-0.3, -0.25) is 0 Å². The molecule has 0 saturated heterocycles. The fraction of sp³-hybridized carbons (Fsp3) is 0.750. The molecule has 0 saturated carbocycles. The lowest BCUT2D eigenvalue weighted by atomic mass is 10.1. The lowest BCUT2D eigenvalue weighted by Crippen LogP contribution is -2.44. The van der Waals surface area contributed by atoms with Crippen LogP contribution in [0.4, 0.5) is 0 Å². The number of rotatable bonds is 5. The van der Waals surface area contributed by atoms with Gasteiger partial charge in [0.05, 0.1) is 6.61 Å². The Morgan fingerprint density at radius 3 is 1.94 bits per heavy atom. The summed E-state index contributed by atoms with van der Waals surface area (Å²) in [5, 5.41) is 44.2. The lowest BCUT2D eigenvalue weighted by Gasteiger charge is -2.19. The summed E-state index contributed by atoms with van der Waals surface area (Å²) in [6.07, 6.45) is -7.50. The maximum atomic E-state index is 10.9. The third-order valence-corrected chi connectivity index (χ3v) is 1.69. The van der Waals surface area contributed by atoms with Crippen LogP contribution in [-0.4, -0.2) is 68.5 Å². The Hall–Kier alpha value is -1.26. The van der Waals surface area contributed by atoms with Crippen LogP contribution in [0.1, 0.15) is 6.92 Å². The molecule has 0 aromatic carbocycles. The molecule has 100 valence electrons. The summed E-state index contributed by atoms with van der Waals surface area (Å²) in [6.45, 7) is 0.163. The molecule has 0 aromatic heterocycles. The van der Waals surface area contributed by atoms with Gasteiger partial charge >= 0.3 is 11.9 Å². The van der Waals surface area contributed by atoms with Crippen LogP contribution < -0.4 is 0 Å². The zero-order chi connectivity index (χ0) is 13.6. The van der Waals surface area contributed by atoms with E-state index >= 15 is 0 Å². The molecular formula is C8H14O9. The van der Waals surface area contributed by atoms with Crippen molar-refractivity contribution >= 4 is 11.9 Å². The van der Waals surface area contributed by atoms with Crippen LogP contribution in [0.15, 0.2) is 0 Å². The van der Waals surface area contributed by atoms with E-state index in [1.54, 1.807) is 0 Å². The van der Waals surface area contributed by atoms with Gasteiger partial charge in [0.1, 0.15) is 12.2 Å². The Balaban J connectivity index is 4.19. The number of aliphatic hydroxyl groups is 5. The molecule has 0 aliphatic carbocycles. The highest BCUT2D eigenvalue weighted by atomic mass is 17.2. The average Bonchev–Trinajstić information content (AvgIpc) is 2.32. The molecule has 9 heteroatoms. The molecule has 0 radical (unpaired) electrons. The van der Waals surface area contributed by atoms with Crippen LogP contribution in [0.25, 0.3) is 0 Å². The predicted octanol–water partition coefficient (Wildman–Crippen LogP) is -3.56. The maximum absolute atomic E-state index is 10.9. The molecule has 4 atom stereocenters. The first-order valence-electron chi connectivity index (χ1n) is 4.56. The second-order valence-corrected chi connectivity index (χ2v) is 3.17. The first-order valence-corrected chi connectivity index (χ1v) is 4.56. The predicted molar refractivity (Wildman–Crippen MR) is 49.0 cm³/mol. The number of hydrogen-bond acceptors (Lipinski definition) is 9. The van der Waals surface area contributed by atoms with E-state index in [9.17, 15) is 9.59 Å². The highest BCUT2D eigenvalue weighted by Crippen LogP contribution is 2.03. The van der Waals surface area contributed by atoms with Gasteiger partial charge in [0, 0.05) is 0 Å². The van der Waals surface area contributed by atoms with Crippen molar-refractivity contribution < 1.29 is 44.9 Å². The van der Waals surface area contributed by atoms with Gasteiger partial charge in [-0.25, -0.2) is 19.4 Å². The van der Waals surface area contributed by atoms with Crippen molar-refractivity contribution in [2.75, 3.05) is 6.61 Å². The van der Waals surface area contributed by atoms with Crippen molar-refractivity contribution in [3.05, 3.63) is 0 Å². The highest BCUT2D eigenvalue weighted by Gasteiger charge is 2.32. The molecule has 17 heavy (non-hydrogen) atoms. The van der Waals surface area contributed by atoms with Crippen molar-refractivity contribution in [1.82, 2.24) is 0 Å². The fourth-order valence-electron chi connectivity index (χ4n) is 0.659. The van der Waals surface area contributed by atoms with Gasteiger partial charge in [0.2, 0.25) is 0 Å². The van der Waals surface area contributed by atoms with Crippen molar-refractivity contribution in [2.24, 2.45) is 0 Å². The van der Waals surface area contributed by atoms with Gasteiger partial charge in [-0.15, -0.1) is 0 Å². The number of hydrogen-bond donors (Lipinski definition) is 5. The van der Waals surface area contributed by atoms with E-state index in [0.29, 0.717) is 0 Å². The molecule has 0 bridgehead atoms. The monoisotopic (exact) mass is 254 g/mol. The zero-order valence-corrected chi connectivity index (χ0v) is 8.89. The van der Waals surface area contributed by atoms with Gasteiger partial charge < -0.3 is 25.5 Å². The Kier molecular flexibility index (Phi) is 6.61. The zero-order valence-electron chi connectivity index (χ0n) is 8.89. The summed E-state index contributed by atoms with van der Waals surface area (Å²) in [5.74, 6) is -2.83. The lowest BCUT2D eigenvalue weighted by molar-refractivity contribution is -0.272. The molecule has 0 fully saturated rings. The fourth-order valence-corrected chi connectivity index (χ4v) is 0.659. The first kappa shape index (κ1) is 15.7. The molecule has 0 amide bonds. The largest absolute Gasteiger partial charge is 0.394 e. The summed E-state index contributed by atoms with van der Waals surface area (Å²) in [6, 6.07) is 0. The highest BCUT2D eigenvalue weighted by molar-refractivity contribution is 5.77. The standard InChI is InChI=1S/C8H14O9/c1-3(10)7(14)16-17-8(15)6(13)5(12)4(11)2-9/h3-6,9-13H,2H2,1H3. The van der Waals surface area contributed by atoms with Gasteiger partial charge in [-0.2, -0.15) is 0 Å². The van der Waals surface area contributed by atoms with Crippen molar-refractivity contribution in [1.29, 1.82) is 0 Å². The summed E-state index contributed by atoms with van der Waals surface area (Å²) in [7, 11) is 0. The Labute approximate surface area is 95.7 Å². The molecule has 0 aliphatic rings. The van der Waals surface area contributed by atoms with E-state index in [1.807, 2.05) is 0 Å². The third-order valence-electron chi connectivity index (χ3n) is 1.69. The Bertz CT molecular complexity index is 264. The minimum absolute atomic E-state index is 0.890. The van der Waals surface area contributed by atoms with Gasteiger partial charge in [0.25, 0.3) is 0 Å². The SMILES string of the molecule is CC(O)C(=O)OOC(=O)C(O)C(O)C(O)CO. The van der Waals surface area contributed by atoms with Crippen LogP contribution in [0.3, 0.4) is 0 Å². The third kappa shape index (κ3) is 5.06. The molecular weight excluding hydrogens is 240 g/mol. The minimum atomic E-state index is -2.21.